The summed E-state index contributed by atoms with van der Waals surface area (Å²) in [5.74, 6) is 0.469. The van der Waals surface area contributed by atoms with Crippen LogP contribution in [0, 0.1) is 5.82 Å². The number of fused-ring (bicyclic) bond motifs is 1. The highest BCUT2D eigenvalue weighted by molar-refractivity contribution is 5.60. The summed E-state index contributed by atoms with van der Waals surface area (Å²) in [6.07, 6.45) is -0.666. The van der Waals surface area contributed by atoms with E-state index in [1.807, 2.05) is 30.3 Å². The lowest BCUT2D eigenvalue weighted by atomic mass is 10.1. The van der Waals surface area contributed by atoms with E-state index < -0.39 is 6.10 Å². The van der Waals surface area contributed by atoms with Gasteiger partial charge >= 0.3 is 0 Å². The molecule has 6 nitrogen and oxygen atoms in total. The molecule has 26 heavy (non-hydrogen) atoms. The molecule has 0 amide bonds. The van der Waals surface area contributed by atoms with Gasteiger partial charge in [-0.2, -0.15) is 4.52 Å². The van der Waals surface area contributed by atoms with Crippen molar-refractivity contribution in [2.24, 2.45) is 0 Å². The first-order valence-corrected chi connectivity index (χ1v) is 8.16. The van der Waals surface area contributed by atoms with Crippen LogP contribution in [0.3, 0.4) is 0 Å². The fourth-order valence-corrected chi connectivity index (χ4v) is 2.69. The zero-order valence-corrected chi connectivity index (χ0v) is 13.7. The Morgan fingerprint density at radius 1 is 0.962 bits per heavy atom. The fourth-order valence-electron chi connectivity index (χ4n) is 2.69. The molecule has 0 fully saturated rings. The molecule has 0 saturated carbocycles. The van der Waals surface area contributed by atoms with E-state index in [1.54, 1.807) is 30.3 Å². The molecule has 4 rings (SSSR count). The molecule has 2 heterocycles. The van der Waals surface area contributed by atoms with Gasteiger partial charge in [-0.1, -0.05) is 42.5 Å². The molecule has 0 unspecified atom stereocenters. The van der Waals surface area contributed by atoms with Gasteiger partial charge < -0.3 is 10.4 Å². The number of aliphatic hydroxyl groups excluding tert-OH is 1. The van der Waals surface area contributed by atoms with Crippen LogP contribution < -0.4 is 5.32 Å². The Balaban J connectivity index is 1.59. The molecule has 130 valence electrons. The molecule has 0 aliphatic rings. The minimum absolute atomic E-state index is 0.291. The van der Waals surface area contributed by atoms with Crippen molar-refractivity contribution >= 4 is 11.5 Å². The standard InChI is InChI=1S/C19H16FN5O/c20-15-9-5-4-8-14(15)19-23-22-18-11-10-17(24-25(18)19)21-12-16(26)13-6-2-1-3-7-13/h1-11,16,26H,12H2,(H,21,24)/t16-/m1/s1. The van der Waals surface area contributed by atoms with Gasteiger partial charge in [0.05, 0.1) is 11.7 Å². The molecule has 0 aliphatic heterocycles. The number of hydrogen-bond donors (Lipinski definition) is 2. The highest BCUT2D eigenvalue weighted by Gasteiger charge is 2.14. The first kappa shape index (κ1) is 16.2. The smallest absolute Gasteiger partial charge is 0.188 e. The second-order valence-corrected chi connectivity index (χ2v) is 5.80. The number of nitrogens with one attached hydrogen (secondary N) is 1. The highest BCUT2D eigenvalue weighted by Crippen LogP contribution is 2.21. The predicted molar refractivity (Wildman–Crippen MR) is 96.1 cm³/mol. The van der Waals surface area contributed by atoms with E-state index in [-0.39, 0.29) is 5.82 Å². The number of rotatable bonds is 5. The van der Waals surface area contributed by atoms with E-state index >= 15 is 0 Å². The van der Waals surface area contributed by atoms with Gasteiger partial charge in [-0.25, -0.2) is 4.39 Å². The first-order chi connectivity index (χ1) is 12.7. The van der Waals surface area contributed by atoms with Crippen molar-refractivity contribution in [3.8, 4) is 11.4 Å². The van der Waals surface area contributed by atoms with Crippen LogP contribution in [0.1, 0.15) is 11.7 Å². The third-order valence-electron chi connectivity index (χ3n) is 4.04. The van der Waals surface area contributed by atoms with Crippen LogP contribution in [0.5, 0.6) is 0 Å². The maximum Gasteiger partial charge on any atom is 0.188 e. The van der Waals surface area contributed by atoms with Crippen LogP contribution in [-0.4, -0.2) is 31.5 Å². The summed E-state index contributed by atoms with van der Waals surface area (Å²) in [6, 6.07) is 19.2. The molecule has 0 spiro atoms. The summed E-state index contributed by atoms with van der Waals surface area (Å²) in [6.45, 7) is 0.291. The number of anilines is 1. The summed E-state index contributed by atoms with van der Waals surface area (Å²) in [5, 5.41) is 25.8. The van der Waals surface area contributed by atoms with Crippen molar-refractivity contribution in [2.75, 3.05) is 11.9 Å². The zero-order valence-electron chi connectivity index (χ0n) is 13.7. The van der Waals surface area contributed by atoms with Crippen LogP contribution in [0.4, 0.5) is 10.2 Å². The van der Waals surface area contributed by atoms with Crippen molar-refractivity contribution in [1.82, 2.24) is 19.8 Å². The van der Waals surface area contributed by atoms with Gasteiger partial charge in [-0.15, -0.1) is 15.3 Å². The van der Waals surface area contributed by atoms with Gasteiger partial charge in [0.15, 0.2) is 11.5 Å². The molecule has 0 bridgehead atoms. The molecule has 0 saturated heterocycles. The third kappa shape index (κ3) is 3.12. The quantitative estimate of drug-likeness (QED) is 0.579. The first-order valence-electron chi connectivity index (χ1n) is 8.16. The molecule has 2 aromatic heterocycles. The van der Waals surface area contributed by atoms with Crippen LogP contribution in [0.25, 0.3) is 17.0 Å². The summed E-state index contributed by atoms with van der Waals surface area (Å²) in [5.41, 5.74) is 1.66. The van der Waals surface area contributed by atoms with Crippen molar-refractivity contribution in [3.05, 3.63) is 78.1 Å². The molecular formula is C19H16FN5O. The van der Waals surface area contributed by atoms with Gasteiger partial charge in [0, 0.05) is 6.54 Å². The zero-order chi connectivity index (χ0) is 17.9. The van der Waals surface area contributed by atoms with Crippen molar-refractivity contribution < 1.29 is 9.50 Å². The van der Waals surface area contributed by atoms with E-state index in [4.69, 9.17) is 0 Å². The van der Waals surface area contributed by atoms with Gasteiger partial charge in [0.1, 0.15) is 11.6 Å². The molecule has 7 heteroatoms. The van der Waals surface area contributed by atoms with Crippen molar-refractivity contribution in [1.29, 1.82) is 0 Å². The molecule has 1 atom stereocenters. The number of hydrogen-bond acceptors (Lipinski definition) is 5. The monoisotopic (exact) mass is 349 g/mol. The summed E-state index contributed by atoms with van der Waals surface area (Å²) in [4.78, 5) is 0. The Bertz CT molecular complexity index is 1030. The van der Waals surface area contributed by atoms with Gasteiger partial charge in [-0.05, 0) is 29.8 Å². The lowest BCUT2D eigenvalue weighted by molar-refractivity contribution is 0.191. The minimum atomic E-state index is -0.666. The average molecular weight is 349 g/mol. The Labute approximate surface area is 148 Å². The molecular weight excluding hydrogens is 333 g/mol. The normalized spacial score (nSPS) is 12.2. The van der Waals surface area contributed by atoms with E-state index in [0.717, 1.165) is 5.56 Å². The van der Waals surface area contributed by atoms with Crippen LogP contribution in [0.2, 0.25) is 0 Å². The summed E-state index contributed by atoms with van der Waals surface area (Å²) in [7, 11) is 0. The Morgan fingerprint density at radius 3 is 2.54 bits per heavy atom. The SMILES string of the molecule is O[C@H](CNc1ccc2nnc(-c3ccccc3F)n2n1)c1ccccc1. The van der Waals surface area contributed by atoms with Gasteiger partial charge in [0.25, 0.3) is 0 Å². The van der Waals surface area contributed by atoms with Crippen molar-refractivity contribution in [3.63, 3.8) is 0 Å². The van der Waals surface area contributed by atoms with Crippen LogP contribution in [-0.2, 0) is 0 Å². The molecule has 2 N–H and O–H groups in total. The second kappa shape index (κ2) is 6.89. The number of nitrogens with zero attached hydrogens (tertiary/aromatic N) is 4. The average Bonchev–Trinajstić information content (AvgIpc) is 3.10. The summed E-state index contributed by atoms with van der Waals surface area (Å²) < 4.78 is 15.5. The molecule has 0 radical (unpaired) electrons. The number of halogens is 1. The Morgan fingerprint density at radius 2 is 1.73 bits per heavy atom. The minimum Gasteiger partial charge on any atom is -0.387 e. The molecule has 4 aromatic rings. The van der Waals surface area contributed by atoms with Crippen LogP contribution in [0.15, 0.2) is 66.7 Å². The highest BCUT2D eigenvalue weighted by atomic mass is 19.1. The maximum atomic E-state index is 14.1. The Kier molecular flexibility index (Phi) is 4.28. The van der Waals surface area contributed by atoms with E-state index in [0.29, 0.717) is 29.4 Å². The Hall–Kier alpha value is -3.32. The molecule has 2 aromatic carbocycles. The number of benzene rings is 2. The maximum absolute atomic E-state index is 14.1. The van der Waals surface area contributed by atoms with E-state index in [2.05, 4.69) is 20.6 Å². The predicted octanol–water partition coefficient (Wildman–Crippen LogP) is 3.08. The van der Waals surface area contributed by atoms with Crippen LogP contribution >= 0.6 is 0 Å². The molecule has 0 aliphatic carbocycles. The number of aromatic nitrogens is 4. The van der Waals surface area contributed by atoms with E-state index in [9.17, 15) is 9.50 Å². The van der Waals surface area contributed by atoms with Crippen molar-refractivity contribution in [2.45, 2.75) is 6.10 Å². The lowest BCUT2D eigenvalue weighted by Crippen LogP contribution is -2.13. The fraction of sp³-hybridized carbons (Fsp3) is 0.105. The largest absolute Gasteiger partial charge is 0.387 e. The second-order valence-electron chi connectivity index (χ2n) is 5.80. The van der Waals surface area contributed by atoms with E-state index in [1.165, 1.54) is 10.6 Å². The lowest BCUT2D eigenvalue weighted by Gasteiger charge is -2.12. The third-order valence-corrected chi connectivity index (χ3v) is 4.04. The summed E-state index contributed by atoms with van der Waals surface area (Å²) >= 11 is 0. The number of aliphatic hydroxyl groups is 1. The van der Waals surface area contributed by atoms with Gasteiger partial charge in [-0.3, -0.25) is 0 Å². The van der Waals surface area contributed by atoms with Gasteiger partial charge in [0.2, 0.25) is 0 Å². The topological polar surface area (TPSA) is 75.3 Å².